The number of amides is 1. The predicted molar refractivity (Wildman–Crippen MR) is 94.7 cm³/mol. The summed E-state index contributed by atoms with van der Waals surface area (Å²) in [5.74, 6) is 1.00. The van der Waals surface area contributed by atoms with Gasteiger partial charge in [-0.05, 0) is 35.0 Å². The standard InChI is InChI=1S/C19H16N4O2/c1-25-16-11-14-7-3-2-6-13(14)10-15(16)19(24)20-12-18-22-21-17-8-4-5-9-23(17)18/h2-11H,12H2,1H3,(H,20,24). The molecule has 0 bridgehead atoms. The second-order valence-electron chi connectivity index (χ2n) is 5.63. The summed E-state index contributed by atoms with van der Waals surface area (Å²) in [5.41, 5.74) is 1.24. The zero-order valence-corrected chi connectivity index (χ0v) is 13.6. The van der Waals surface area contributed by atoms with E-state index in [1.807, 2.05) is 65.2 Å². The van der Waals surface area contributed by atoms with Crippen molar-refractivity contribution in [1.82, 2.24) is 19.9 Å². The monoisotopic (exact) mass is 332 g/mol. The third-order valence-electron chi connectivity index (χ3n) is 4.10. The Balaban J connectivity index is 1.61. The Morgan fingerprint density at radius 2 is 1.84 bits per heavy atom. The molecule has 2 heterocycles. The molecule has 0 aliphatic heterocycles. The number of carbonyl (C=O) groups is 1. The molecule has 0 spiro atoms. The van der Waals surface area contributed by atoms with E-state index in [-0.39, 0.29) is 12.5 Å². The highest BCUT2D eigenvalue weighted by Gasteiger charge is 2.14. The minimum Gasteiger partial charge on any atom is -0.496 e. The molecule has 0 aliphatic rings. The smallest absolute Gasteiger partial charge is 0.255 e. The average Bonchev–Trinajstić information content (AvgIpc) is 3.08. The molecule has 2 aromatic carbocycles. The van der Waals surface area contributed by atoms with Crippen LogP contribution in [0, 0.1) is 0 Å². The van der Waals surface area contributed by atoms with E-state index in [4.69, 9.17) is 4.74 Å². The first-order valence-electron chi connectivity index (χ1n) is 7.90. The lowest BCUT2D eigenvalue weighted by atomic mass is 10.1. The van der Waals surface area contributed by atoms with Gasteiger partial charge in [-0.1, -0.05) is 30.3 Å². The van der Waals surface area contributed by atoms with Crippen LogP contribution in [-0.4, -0.2) is 27.6 Å². The van der Waals surface area contributed by atoms with Gasteiger partial charge in [0.25, 0.3) is 5.91 Å². The largest absolute Gasteiger partial charge is 0.496 e. The van der Waals surface area contributed by atoms with Crippen LogP contribution in [-0.2, 0) is 6.54 Å². The Morgan fingerprint density at radius 3 is 2.64 bits per heavy atom. The van der Waals surface area contributed by atoms with Crippen LogP contribution in [0.5, 0.6) is 5.75 Å². The fraction of sp³-hybridized carbons (Fsp3) is 0.105. The zero-order valence-electron chi connectivity index (χ0n) is 13.6. The maximum absolute atomic E-state index is 12.7. The van der Waals surface area contributed by atoms with Crippen molar-refractivity contribution in [1.29, 1.82) is 0 Å². The quantitative estimate of drug-likeness (QED) is 0.624. The molecule has 124 valence electrons. The number of benzene rings is 2. The second-order valence-corrected chi connectivity index (χ2v) is 5.63. The first-order chi connectivity index (χ1) is 12.3. The van der Waals surface area contributed by atoms with E-state index in [2.05, 4.69) is 15.5 Å². The first-order valence-corrected chi connectivity index (χ1v) is 7.90. The van der Waals surface area contributed by atoms with Gasteiger partial charge in [0, 0.05) is 6.20 Å². The molecule has 1 N–H and O–H groups in total. The highest BCUT2D eigenvalue weighted by atomic mass is 16.5. The number of methoxy groups -OCH3 is 1. The Bertz CT molecular complexity index is 1070. The van der Waals surface area contributed by atoms with E-state index < -0.39 is 0 Å². The van der Waals surface area contributed by atoms with Crippen molar-refractivity contribution in [3.05, 3.63) is 72.2 Å². The number of aromatic nitrogens is 3. The minimum atomic E-state index is -0.213. The molecule has 0 saturated carbocycles. The third kappa shape index (κ3) is 2.78. The fourth-order valence-corrected chi connectivity index (χ4v) is 2.83. The van der Waals surface area contributed by atoms with E-state index >= 15 is 0 Å². The molecule has 0 aliphatic carbocycles. The number of hydrogen-bond donors (Lipinski definition) is 1. The number of ether oxygens (including phenoxy) is 1. The summed E-state index contributed by atoms with van der Waals surface area (Å²) in [6, 6.07) is 17.2. The fourth-order valence-electron chi connectivity index (χ4n) is 2.83. The summed E-state index contributed by atoms with van der Waals surface area (Å²) in [5, 5.41) is 13.1. The van der Waals surface area contributed by atoms with E-state index in [9.17, 15) is 4.79 Å². The molecular formula is C19H16N4O2. The van der Waals surface area contributed by atoms with Crippen molar-refractivity contribution < 1.29 is 9.53 Å². The molecule has 1 amide bonds. The lowest BCUT2D eigenvalue weighted by Crippen LogP contribution is -2.24. The van der Waals surface area contributed by atoms with Gasteiger partial charge in [0.05, 0.1) is 19.2 Å². The summed E-state index contributed by atoms with van der Waals surface area (Å²) < 4.78 is 7.23. The van der Waals surface area contributed by atoms with Crippen molar-refractivity contribution >= 4 is 22.3 Å². The molecule has 2 aromatic heterocycles. The van der Waals surface area contributed by atoms with Gasteiger partial charge in [0.2, 0.25) is 0 Å². The maximum Gasteiger partial charge on any atom is 0.255 e. The summed E-state index contributed by atoms with van der Waals surface area (Å²) in [6.07, 6.45) is 1.87. The maximum atomic E-state index is 12.7. The Hall–Kier alpha value is -3.41. The lowest BCUT2D eigenvalue weighted by molar-refractivity contribution is 0.0947. The Kier molecular flexibility index (Phi) is 3.78. The summed E-state index contributed by atoms with van der Waals surface area (Å²) >= 11 is 0. The van der Waals surface area contributed by atoms with Crippen molar-refractivity contribution in [3.63, 3.8) is 0 Å². The molecule has 6 nitrogen and oxygen atoms in total. The first kappa shape index (κ1) is 15.1. The summed E-state index contributed by atoms with van der Waals surface area (Å²) in [4.78, 5) is 12.7. The highest BCUT2D eigenvalue weighted by molar-refractivity contribution is 6.01. The van der Waals surface area contributed by atoms with Crippen molar-refractivity contribution in [2.75, 3.05) is 7.11 Å². The van der Waals surface area contributed by atoms with Gasteiger partial charge in [-0.3, -0.25) is 9.20 Å². The summed E-state index contributed by atoms with van der Waals surface area (Å²) in [6.45, 7) is 0.278. The molecular weight excluding hydrogens is 316 g/mol. The van der Waals surface area contributed by atoms with Crippen LogP contribution in [0.3, 0.4) is 0 Å². The van der Waals surface area contributed by atoms with Crippen LogP contribution in [0.1, 0.15) is 16.2 Å². The van der Waals surface area contributed by atoms with Gasteiger partial charge in [0.1, 0.15) is 5.75 Å². The van der Waals surface area contributed by atoms with Gasteiger partial charge in [-0.25, -0.2) is 0 Å². The number of fused-ring (bicyclic) bond motifs is 2. The highest BCUT2D eigenvalue weighted by Crippen LogP contribution is 2.25. The number of nitrogens with one attached hydrogen (secondary N) is 1. The van der Waals surface area contributed by atoms with Gasteiger partial charge in [-0.2, -0.15) is 0 Å². The Morgan fingerprint density at radius 1 is 1.08 bits per heavy atom. The van der Waals surface area contributed by atoms with Crippen molar-refractivity contribution in [2.24, 2.45) is 0 Å². The Labute approximate surface area is 144 Å². The van der Waals surface area contributed by atoms with Crippen LogP contribution >= 0.6 is 0 Å². The number of carbonyl (C=O) groups excluding carboxylic acids is 1. The van der Waals surface area contributed by atoms with Gasteiger partial charge >= 0.3 is 0 Å². The van der Waals surface area contributed by atoms with Crippen LogP contribution in [0.25, 0.3) is 16.4 Å². The second kappa shape index (κ2) is 6.24. The van der Waals surface area contributed by atoms with E-state index in [0.717, 1.165) is 16.4 Å². The molecule has 4 rings (SSSR count). The van der Waals surface area contributed by atoms with E-state index in [1.54, 1.807) is 7.11 Å². The molecule has 6 heteroatoms. The molecule has 0 atom stereocenters. The van der Waals surface area contributed by atoms with Crippen molar-refractivity contribution in [2.45, 2.75) is 6.54 Å². The lowest BCUT2D eigenvalue weighted by Gasteiger charge is -2.10. The number of rotatable bonds is 4. The number of pyridine rings is 1. The van der Waals surface area contributed by atoms with Gasteiger partial charge < -0.3 is 10.1 Å². The topological polar surface area (TPSA) is 68.5 Å². The van der Waals surface area contributed by atoms with E-state index in [1.165, 1.54) is 0 Å². The number of nitrogens with zero attached hydrogens (tertiary/aromatic N) is 3. The average molecular weight is 332 g/mol. The van der Waals surface area contributed by atoms with Gasteiger partial charge in [0.15, 0.2) is 11.5 Å². The molecule has 0 fully saturated rings. The predicted octanol–water partition coefficient (Wildman–Crippen LogP) is 2.82. The number of hydrogen-bond acceptors (Lipinski definition) is 4. The van der Waals surface area contributed by atoms with Crippen LogP contribution in [0.2, 0.25) is 0 Å². The molecule has 4 aromatic rings. The van der Waals surface area contributed by atoms with Crippen LogP contribution in [0.4, 0.5) is 0 Å². The third-order valence-corrected chi connectivity index (χ3v) is 4.10. The van der Waals surface area contributed by atoms with Gasteiger partial charge in [-0.15, -0.1) is 10.2 Å². The minimum absolute atomic E-state index is 0.213. The molecule has 25 heavy (non-hydrogen) atoms. The van der Waals surface area contributed by atoms with Crippen LogP contribution in [0.15, 0.2) is 60.8 Å². The van der Waals surface area contributed by atoms with E-state index in [0.29, 0.717) is 17.1 Å². The molecule has 0 radical (unpaired) electrons. The molecule has 0 saturated heterocycles. The SMILES string of the molecule is COc1cc2ccccc2cc1C(=O)NCc1nnc2ccccn12. The van der Waals surface area contributed by atoms with Crippen LogP contribution < -0.4 is 10.1 Å². The van der Waals surface area contributed by atoms with Crippen molar-refractivity contribution in [3.8, 4) is 5.75 Å². The summed E-state index contributed by atoms with van der Waals surface area (Å²) in [7, 11) is 1.56. The molecule has 0 unspecified atom stereocenters. The zero-order chi connectivity index (χ0) is 17.2. The normalized spacial score (nSPS) is 10.9.